The number of benzene rings is 2. The summed E-state index contributed by atoms with van der Waals surface area (Å²) in [5.41, 5.74) is 2.11. The lowest BCUT2D eigenvalue weighted by Crippen LogP contribution is -2.00. The molecule has 108 valence electrons. The van der Waals surface area contributed by atoms with Crippen molar-refractivity contribution in [1.29, 1.82) is 0 Å². The van der Waals surface area contributed by atoms with Gasteiger partial charge in [0.15, 0.2) is 11.5 Å². The van der Waals surface area contributed by atoms with Crippen LogP contribution in [-0.4, -0.2) is 19.8 Å². The van der Waals surface area contributed by atoms with E-state index in [-0.39, 0.29) is 11.5 Å². The van der Waals surface area contributed by atoms with Gasteiger partial charge in [-0.05, 0) is 30.7 Å². The van der Waals surface area contributed by atoms with Crippen molar-refractivity contribution in [3.05, 3.63) is 41.4 Å². The van der Waals surface area contributed by atoms with Gasteiger partial charge in [0.05, 0.1) is 21.6 Å². The normalized spacial score (nSPS) is 11.1. The molecule has 0 spiro atoms. The molecule has 5 heteroatoms. The number of hydrogen-bond acceptors (Lipinski definition) is 3. The summed E-state index contributed by atoms with van der Waals surface area (Å²) >= 11 is 6.30. The number of halogens is 1. The molecule has 1 aromatic heterocycles. The van der Waals surface area contributed by atoms with Crippen LogP contribution in [0.15, 0.2) is 36.4 Å². The lowest BCUT2D eigenvalue weighted by Gasteiger charge is -2.10. The molecule has 3 rings (SSSR count). The SMILES string of the molecule is CCCn1c(-c2cccc(O)c2O)nc2cccc(Cl)c21. The van der Waals surface area contributed by atoms with Crippen LogP contribution in [0.4, 0.5) is 0 Å². The first-order valence-corrected chi connectivity index (χ1v) is 7.17. The van der Waals surface area contributed by atoms with Crippen LogP contribution in [0.3, 0.4) is 0 Å². The Bertz CT molecular complexity index is 811. The van der Waals surface area contributed by atoms with Crippen molar-refractivity contribution in [1.82, 2.24) is 9.55 Å². The van der Waals surface area contributed by atoms with Crippen LogP contribution in [-0.2, 0) is 6.54 Å². The summed E-state index contributed by atoms with van der Waals surface area (Å²) in [6.45, 7) is 2.79. The van der Waals surface area contributed by atoms with E-state index in [0.717, 1.165) is 24.0 Å². The highest BCUT2D eigenvalue weighted by Crippen LogP contribution is 2.38. The van der Waals surface area contributed by atoms with Crippen LogP contribution in [0.1, 0.15) is 13.3 Å². The summed E-state index contributed by atoms with van der Waals surface area (Å²) in [6, 6.07) is 10.4. The molecule has 4 nitrogen and oxygen atoms in total. The van der Waals surface area contributed by atoms with Gasteiger partial charge in [0, 0.05) is 6.54 Å². The van der Waals surface area contributed by atoms with Crippen LogP contribution < -0.4 is 0 Å². The van der Waals surface area contributed by atoms with E-state index in [1.807, 2.05) is 22.8 Å². The summed E-state index contributed by atoms with van der Waals surface area (Å²) in [4.78, 5) is 4.57. The van der Waals surface area contributed by atoms with Gasteiger partial charge in [0.25, 0.3) is 0 Å². The van der Waals surface area contributed by atoms with E-state index in [2.05, 4.69) is 11.9 Å². The number of para-hydroxylation sites is 2. The molecule has 1 heterocycles. The number of rotatable bonds is 3. The molecule has 0 aliphatic heterocycles. The van der Waals surface area contributed by atoms with Gasteiger partial charge in [-0.2, -0.15) is 0 Å². The van der Waals surface area contributed by atoms with E-state index in [9.17, 15) is 10.2 Å². The number of hydrogen-bond donors (Lipinski definition) is 2. The van der Waals surface area contributed by atoms with Gasteiger partial charge in [-0.25, -0.2) is 4.98 Å². The maximum absolute atomic E-state index is 10.1. The van der Waals surface area contributed by atoms with E-state index in [4.69, 9.17) is 11.6 Å². The summed E-state index contributed by atoms with van der Waals surface area (Å²) in [5, 5.41) is 20.4. The average molecular weight is 303 g/mol. The quantitative estimate of drug-likeness (QED) is 0.714. The second-order valence-electron chi connectivity index (χ2n) is 4.87. The van der Waals surface area contributed by atoms with Gasteiger partial charge in [0.2, 0.25) is 0 Å². The maximum Gasteiger partial charge on any atom is 0.168 e. The number of phenols is 2. The van der Waals surface area contributed by atoms with E-state index < -0.39 is 0 Å². The Morgan fingerprint density at radius 1 is 1.14 bits per heavy atom. The third-order valence-corrected chi connectivity index (χ3v) is 3.73. The number of fused-ring (bicyclic) bond motifs is 1. The molecule has 0 radical (unpaired) electrons. The highest BCUT2D eigenvalue weighted by Gasteiger charge is 2.18. The van der Waals surface area contributed by atoms with Crippen LogP contribution in [0, 0.1) is 0 Å². The van der Waals surface area contributed by atoms with Gasteiger partial charge >= 0.3 is 0 Å². The molecule has 0 amide bonds. The first kappa shape index (κ1) is 13.8. The minimum atomic E-state index is -0.165. The van der Waals surface area contributed by atoms with Crippen molar-refractivity contribution in [2.75, 3.05) is 0 Å². The zero-order valence-electron chi connectivity index (χ0n) is 11.5. The molecule has 0 saturated carbocycles. The molecule has 0 unspecified atom stereocenters. The predicted molar refractivity (Wildman–Crippen MR) is 83.8 cm³/mol. The Morgan fingerprint density at radius 3 is 2.67 bits per heavy atom. The smallest absolute Gasteiger partial charge is 0.168 e. The fraction of sp³-hybridized carbons (Fsp3) is 0.188. The van der Waals surface area contributed by atoms with Crippen molar-refractivity contribution in [2.24, 2.45) is 0 Å². The average Bonchev–Trinajstić information content (AvgIpc) is 2.82. The molecule has 3 aromatic rings. The Hall–Kier alpha value is -2.20. The van der Waals surface area contributed by atoms with Gasteiger partial charge in [-0.1, -0.05) is 30.7 Å². The fourth-order valence-corrected chi connectivity index (χ4v) is 2.77. The molecule has 0 fully saturated rings. The van der Waals surface area contributed by atoms with Crippen LogP contribution >= 0.6 is 11.6 Å². The number of nitrogens with zero attached hydrogens (tertiary/aromatic N) is 2. The van der Waals surface area contributed by atoms with Crippen LogP contribution in [0.5, 0.6) is 11.5 Å². The summed E-state index contributed by atoms with van der Waals surface area (Å²) in [7, 11) is 0. The highest BCUT2D eigenvalue weighted by molar-refractivity contribution is 6.35. The zero-order chi connectivity index (χ0) is 15.0. The molecule has 0 aliphatic carbocycles. The first-order chi connectivity index (χ1) is 10.1. The number of phenolic OH excluding ortho intramolecular Hbond substituents is 2. The van der Waals surface area contributed by atoms with Crippen LogP contribution in [0.2, 0.25) is 5.02 Å². The summed E-state index contributed by atoms with van der Waals surface area (Å²) < 4.78 is 1.98. The van der Waals surface area contributed by atoms with E-state index in [0.29, 0.717) is 16.4 Å². The van der Waals surface area contributed by atoms with Crippen molar-refractivity contribution in [3.63, 3.8) is 0 Å². The molecule has 2 N–H and O–H groups in total. The van der Waals surface area contributed by atoms with E-state index >= 15 is 0 Å². The van der Waals surface area contributed by atoms with E-state index in [1.54, 1.807) is 12.1 Å². The summed E-state index contributed by atoms with van der Waals surface area (Å²) in [5.74, 6) is 0.281. The van der Waals surface area contributed by atoms with Crippen molar-refractivity contribution >= 4 is 22.6 Å². The number of aromatic hydroxyl groups is 2. The Kier molecular flexibility index (Phi) is 3.47. The number of aromatic nitrogens is 2. The molecule has 2 aromatic carbocycles. The maximum atomic E-state index is 10.1. The first-order valence-electron chi connectivity index (χ1n) is 6.79. The Morgan fingerprint density at radius 2 is 1.90 bits per heavy atom. The van der Waals surface area contributed by atoms with Gasteiger partial charge in [-0.15, -0.1) is 0 Å². The summed E-state index contributed by atoms with van der Waals surface area (Å²) in [6.07, 6.45) is 0.906. The predicted octanol–water partition coefficient (Wildman–Crippen LogP) is 4.18. The third-order valence-electron chi connectivity index (χ3n) is 3.42. The minimum absolute atomic E-state index is 0.159. The minimum Gasteiger partial charge on any atom is -0.504 e. The second kappa shape index (κ2) is 5.30. The number of imidazole rings is 1. The van der Waals surface area contributed by atoms with Gasteiger partial charge in [-0.3, -0.25) is 0 Å². The molecule has 0 bridgehead atoms. The topological polar surface area (TPSA) is 58.3 Å². The second-order valence-corrected chi connectivity index (χ2v) is 5.28. The molecular weight excluding hydrogens is 288 g/mol. The molecular formula is C16H15ClN2O2. The molecule has 21 heavy (non-hydrogen) atoms. The lowest BCUT2D eigenvalue weighted by molar-refractivity contribution is 0.404. The van der Waals surface area contributed by atoms with Crippen LogP contribution in [0.25, 0.3) is 22.4 Å². The zero-order valence-corrected chi connectivity index (χ0v) is 12.3. The fourth-order valence-electron chi connectivity index (χ4n) is 2.50. The Balaban J connectivity index is 2.34. The molecule has 0 aliphatic rings. The lowest BCUT2D eigenvalue weighted by atomic mass is 10.1. The monoisotopic (exact) mass is 302 g/mol. The van der Waals surface area contributed by atoms with Crippen molar-refractivity contribution in [2.45, 2.75) is 19.9 Å². The number of aryl methyl sites for hydroxylation is 1. The largest absolute Gasteiger partial charge is 0.504 e. The molecule has 0 atom stereocenters. The highest BCUT2D eigenvalue weighted by atomic mass is 35.5. The standard InChI is InChI=1S/C16H15ClN2O2/c1-2-9-19-14-11(17)6-4-7-12(14)18-16(19)10-5-3-8-13(20)15(10)21/h3-8,20-21H,2,9H2,1H3. The van der Waals surface area contributed by atoms with E-state index in [1.165, 1.54) is 6.07 Å². The Labute approximate surface area is 127 Å². The van der Waals surface area contributed by atoms with Crippen molar-refractivity contribution in [3.8, 4) is 22.9 Å². The third kappa shape index (κ3) is 2.21. The van der Waals surface area contributed by atoms with Crippen molar-refractivity contribution < 1.29 is 10.2 Å². The van der Waals surface area contributed by atoms with Gasteiger partial charge < -0.3 is 14.8 Å². The van der Waals surface area contributed by atoms with Gasteiger partial charge in [0.1, 0.15) is 5.82 Å². The molecule has 0 saturated heterocycles.